The number of ether oxygens (including phenoxy) is 3. The number of benzene rings is 1. The van der Waals surface area contributed by atoms with E-state index >= 15 is 0 Å². The fourth-order valence-electron chi connectivity index (χ4n) is 6.80. The summed E-state index contributed by atoms with van der Waals surface area (Å²) in [5.41, 5.74) is 2.94. The quantitative estimate of drug-likeness (QED) is 0.183. The van der Waals surface area contributed by atoms with Crippen LogP contribution in [-0.4, -0.2) is 87.2 Å². The van der Waals surface area contributed by atoms with Crippen molar-refractivity contribution in [3.8, 4) is 17.3 Å². The SMILES string of the molecule is CC(C)N1c2nc(-c3ccc(F)nc3OCC3CC3)n(Cc3ccc(C4CC4CO)cc3)c2C(=O)N(CCCOC2CCCCO2)C1O. The minimum Gasteiger partial charge on any atom is -0.477 e. The zero-order valence-electron chi connectivity index (χ0n) is 27.8. The number of pyridine rings is 1. The maximum Gasteiger partial charge on any atom is 0.277 e. The summed E-state index contributed by atoms with van der Waals surface area (Å²) in [6.07, 6.45) is 5.11. The fraction of sp³-hybridized carbons (Fsp3) is 0.583. The van der Waals surface area contributed by atoms with Crippen LogP contribution < -0.4 is 9.64 Å². The first-order valence-electron chi connectivity index (χ1n) is 17.4. The molecule has 11 nitrogen and oxygen atoms in total. The van der Waals surface area contributed by atoms with Crippen molar-refractivity contribution in [2.75, 3.05) is 37.9 Å². The maximum absolute atomic E-state index is 14.5. The minimum atomic E-state index is -1.23. The van der Waals surface area contributed by atoms with E-state index in [-0.39, 0.29) is 37.3 Å². The molecule has 2 N–H and O–H groups in total. The standard InChI is InChI=1S/C36H46FN5O6/c1-22(2)42-33-31(35(44)40(36(42)45)15-5-17-47-30-6-3-4-16-46-30)41(19-23-9-11-25(12-10-23)28-18-26(28)20-43)32(39-33)27-13-14-29(37)38-34(27)48-21-24-7-8-24/h9-14,22,24,26,28,30,36,43,45H,3-8,15-21H2,1-2H3. The molecule has 4 atom stereocenters. The highest BCUT2D eigenvalue weighted by Gasteiger charge is 2.43. The smallest absolute Gasteiger partial charge is 0.277 e. The number of aliphatic hydroxyl groups is 2. The van der Waals surface area contributed by atoms with Crippen LogP contribution in [0.15, 0.2) is 36.4 Å². The molecule has 12 heteroatoms. The second-order valence-corrected chi connectivity index (χ2v) is 13.8. The van der Waals surface area contributed by atoms with Crippen LogP contribution in [0.3, 0.4) is 0 Å². The van der Waals surface area contributed by atoms with Crippen LogP contribution in [0.5, 0.6) is 5.88 Å². The van der Waals surface area contributed by atoms with Crippen molar-refractivity contribution in [2.24, 2.45) is 11.8 Å². The Balaban J connectivity index is 1.24. The van der Waals surface area contributed by atoms with Crippen LogP contribution >= 0.6 is 0 Å². The molecule has 7 rings (SSSR count). The van der Waals surface area contributed by atoms with Crippen LogP contribution in [-0.2, 0) is 16.0 Å². The van der Waals surface area contributed by atoms with Gasteiger partial charge in [0.1, 0.15) is 5.82 Å². The molecule has 258 valence electrons. The molecular formula is C36H46FN5O6. The highest BCUT2D eigenvalue weighted by atomic mass is 19.1. The number of halogens is 1. The molecule has 2 aromatic heterocycles. The van der Waals surface area contributed by atoms with Gasteiger partial charge in [-0.25, -0.2) is 4.98 Å². The third-order valence-corrected chi connectivity index (χ3v) is 9.85. The van der Waals surface area contributed by atoms with Gasteiger partial charge >= 0.3 is 0 Å². The number of imidazole rings is 1. The topological polar surface area (TPSA) is 122 Å². The van der Waals surface area contributed by atoms with Gasteiger partial charge in [-0.1, -0.05) is 24.3 Å². The molecule has 2 saturated carbocycles. The Kier molecular flexibility index (Phi) is 9.68. The Bertz CT molecular complexity index is 1590. The fourth-order valence-corrected chi connectivity index (χ4v) is 6.80. The molecule has 0 spiro atoms. The summed E-state index contributed by atoms with van der Waals surface area (Å²) >= 11 is 0. The molecule has 4 heterocycles. The molecule has 48 heavy (non-hydrogen) atoms. The van der Waals surface area contributed by atoms with E-state index in [1.54, 1.807) is 11.0 Å². The summed E-state index contributed by atoms with van der Waals surface area (Å²) in [4.78, 5) is 26.7. The summed E-state index contributed by atoms with van der Waals surface area (Å²) in [5, 5.41) is 21.2. The van der Waals surface area contributed by atoms with Crippen LogP contribution in [0, 0.1) is 17.8 Å². The van der Waals surface area contributed by atoms with Gasteiger partial charge in [-0.2, -0.15) is 9.37 Å². The van der Waals surface area contributed by atoms with Gasteiger partial charge < -0.3 is 33.9 Å². The van der Waals surface area contributed by atoms with Crippen LogP contribution in [0.1, 0.15) is 86.3 Å². The molecule has 4 unspecified atom stereocenters. The van der Waals surface area contributed by atoms with Gasteiger partial charge in [0.2, 0.25) is 18.2 Å². The minimum absolute atomic E-state index is 0.132. The number of nitrogens with zero attached hydrogens (tertiary/aromatic N) is 5. The molecule has 3 aromatic rings. The monoisotopic (exact) mass is 663 g/mol. The van der Waals surface area contributed by atoms with E-state index in [1.165, 1.54) is 16.5 Å². The molecule has 2 aliphatic heterocycles. The summed E-state index contributed by atoms with van der Waals surface area (Å²) in [7, 11) is 0. The highest BCUT2D eigenvalue weighted by Crippen LogP contribution is 2.47. The van der Waals surface area contributed by atoms with Crippen molar-refractivity contribution < 1.29 is 33.6 Å². The first kappa shape index (κ1) is 32.9. The lowest BCUT2D eigenvalue weighted by Gasteiger charge is -2.42. The molecule has 3 fully saturated rings. The predicted octanol–water partition coefficient (Wildman–Crippen LogP) is 4.90. The van der Waals surface area contributed by atoms with E-state index in [2.05, 4.69) is 17.1 Å². The number of anilines is 1. The van der Waals surface area contributed by atoms with Crippen LogP contribution in [0.4, 0.5) is 10.2 Å². The molecule has 4 aliphatic rings. The Hall–Kier alpha value is -3.58. The normalized spacial score (nSPS) is 23.9. The second kappa shape index (κ2) is 14.1. The molecule has 1 amide bonds. The van der Waals surface area contributed by atoms with Crippen LogP contribution in [0.2, 0.25) is 0 Å². The lowest BCUT2D eigenvalue weighted by Crippen LogP contribution is -2.58. The number of hydrogen-bond acceptors (Lipinski definition) is 9. The van der Waals surface area contributed by atoms with E-state index in [1.807, 2.05) is 30.5 Å². The van der Waals surface area contributed by atoms with Crippen molar-refractivity contribution in [1.29, 1.82) is 0 Å². The second-order valence-electron chi connectivity index (χ2n) is 13.8. The number of rotatable bonds is 14. The van der Waals surface area contributed by atoms with Gasteiger partial charge in [-0.05, 0) is 99.8 Å². The first-order chi connectivity index (χ1) is 23.3. The van der Waals surface area contributed by atoms with Gasteiger partial charge in [0.15, 0.2) is 17.8 Å². The van der Waals surface area contributed by atoms with Crippen molar-refractivity contribution in [3.05, 3.63) is 59.2 Å². The summed E-state index contributed by atoms with van der Waals surface area (Å²) in [6, 6.07) is 10.9. The van der Waals surface area contributed by atoms with E-state index in [4.69, 9.17) is 19.2 Å². The van der Waals surface area contributed by atoms with Gasteiger partial charge in [0.25, 0.3) is 5.91 Å². The molecule has 2 aliphatic carbocycles. The Morgan fingerprint density at radius 1 is 1.08 bits per heavy atom. The number of aromatic nitrogens is 3. The summed E-state index contributed by atoms with van der Waals surface area (Å²) in [6.45, 7) is 6.17. The average molecular weight is 664 g/mol. The van der Waals surface area contributed by atoms with Crippen molar-refractivity contribution in [3.63, 3.8) is 0 Å². The van der Waals surface area contributed by atoms with E-state index in [0.29, 0.717) is 73.4 Å². The molecule has 1 aromatic carbocycles. The van der Waals surface area contributed by atoms with Crippen molar-refractivity contribution in [2.45, 2.75) is 89.9 Å². The number of carbonyl (C=O) groups excluding carboxylic acids is 1. The highest BCUT2D eigenvalue weighted by molar-refractivity contribution is 6.00. The Labute approximate surface area is 280 Å². The third-order valence-electron chi connectivity index (χ3n) is 9.85. The Morgan fingerprint density at radius 2 is 1.90 bits per heavy atom. The van der Waals surface area contributed by atoms with E-state index in [9.17, 15) is 19.4 Å². The zero-order chi connectivity index (χ0) is 33.4. The van der Waals surface area contributed by atoms with Gasteiger partial charge in [-0.3, -0.25) is 9.69 Å². The van der Waals surface area contributed by atoms with Gasteiger partial charge in [-0.15, -0.1) is 0 Å². The number of amides is 1. The third kappa shape index (κ3) is 6.94. The van der Waals surface area contributed by atoms with Crippen LogP contribution in [0.25, 0.3) is 11.4 Å². The zero-order valence-corrected chi connectivity index (χ0v) is 27.8. The van der Waals surface area contributed by atoms with Gasteiger partial charge in [0.05, 0.1) is 18.8 Å². The number of hydrogen-bond donors (Lipinski definition) is 2. The lowest BCUT2D eigenvalue weighted by molar-refractivity contribution is -0.163. The lowest BCUT2D eigenvalue weighted by atomic mass is 10.1. The molecular weight excluding hydrogens is 617 g/mol. The van der Waals surface area contributed by atoms with E-state index < -0.39 is 12.3 Å². The first-order valence-corrected chi connectivity index (χ1v) is 17.4. The van der Waals surface area contributed by atoms with Crippen molar-refractivity contribution >= 4 is 11.7 Å². The molecule has 0 radical (unpaired) electrons. The van der Waals surface area contributed by atoms with Crippen molar-refractivity contribution in [1.82, 2.24) is 19.4 Å². The molecule has 0 bridgehead atoms. The Morgan fingerprint density at radius 3 is 2.58 bits per heavy atom. The average Bonchev–Trinajstić information content (AvgIpc) is 4.02. The summed E-state index contributed by atoms with van der Waals surface area (Å²) < 4.78 is 34.0. The van der Waals surface area contributed by atoms with E-state index in [0.717, 1.165) is 44.1 Å². The maximum atomic E-state index is 14.5. The number of fused-ring (bicyclic) bond motifs is 1. The largest absolute Gasteiger partial charge is 0.477 e. The predicted molar refractivity (Wildman–Crippen MR) is 176 cm³/mol. The number of aliphatic hydroxyl groups excluding tert-OH is 2. The summed E-state index contributed by atoms with van der Waals surface area (Å²) in [5.74, 6) is 0.982. The molecule has 1 saturated heterocycles. The number of carbonyl (C=O) groups is 1. The van der Waals surface area contributed by atoms with Gasteiger partial charge in [0, 0.05) is 32.3 Å².